The maximum absolute atomic E-state index is 12.9. The molecule has 3 nitrogen and oxygen atoms in total. The Balaban J connectivity index is 2.64. The summed E-state index contributed by atoms with van der Waals surface area (Å²) in [4.78, 5) is 0.0558. The number of unbranched alkanes of at least 4 members (excludes halogenated alkanes) is 2. The van der Waals surface area contributed by atoms with Crippen LogP contribution >= 0.6 is 0 Å². The van der Waals surface area contributed by atoms with Crippen molar-refractivity contribution in [3.63, 3.8) is 0 Å². The highest BCUT2D eigenvalue weighted by atomic mass is 32.2. The fraction of sp³-hybridized carbons (Fsp3) is 0.455. The molecule has 1 aromatic rings. The second kappa shape index (κ2) is 5.96. The minimum atomic E-state index is -3.34. The number of nitrogens with two attached hydrogens (primary N) is 1. The Morgan fingerprint density at radius 1 is 1.19 bits per heavy atom. The first-order chi connectivity index (χ1) is 7.56. The van der Waals surface area contributed by atoms with Crippen LogP contribution in [0.3, 0.4) is 0 Å². The molecule has 0 unspecified atom stereocenters. The zero-order chi connectivity index (χ0) is 12.0. The van der Waals surface area contributed by atoms with E-state index in [-0.39, 0.29) is 10.6 Å². The summed E-state index contributed by atoms with van der Waals surface area (Å²) in [6, 6.07) is 5.11. The van der Waals surface area contributed by atoms with Crippen molar-refractivity contribution in [2.45, 2.75) is 24.2 Å². The number of benzene rings is 1. The van der Waals surface area contributed by atoms with Gasteiger partial charge < -0.3 is 5.73 Å². The topological polar surface area (TPSA) is 60.2 Å². The van der Waals surface area contributed by atoms with E-state index in [1.54, 1.807) is 0 Å². The second-order valence-corrected chi connectivity index (χ2v) is 5.73. The molecule has 5 heteroatoms. The maximum Gasteiger partial charge on any atom is 0.178 e. The Morgan fingerprint density at radius 2 is 1.94 bits per heavy atom. The summed E-state index contributed by atoms with van der Waals surface area (Å²) in [5.74, 6) is -0.473. The molecule has 0 bridgehead atoms. The Bertz CT molecular complexity index is 431. The summed E-state index contributed by atoms with van der Waals surface area (Å²) < 4.78 is 36.4. The van der Waals surface area contributed by atoms with Crippen molar-refractivity contribution in [2.24, 2.45) is 5.73 Å². The van der Waals surface area contributed by atoms with Crippen LogP contribution in [0.5, 0.6) is 0 Å². The third-order valence-corrected chi connectivity index (χ3v) is 4.07. The molecule has 0 saturated carbocycles. The summed E-state index contributed by atoms with van der Waals surface area (Å²) in [7, 11) is -3.34. The first-order valence-electron chi connectivity index (χ1n) is 5.24. The van der Waals surface area contributed by atoms with Gasteiger partial charge in [0.1, 0.15) is 5.82 Å². The molecule has 1 aromatic carbocycles. The van der Waals surface area contributed by atoms with Crippen molar-refractivity contribution < 1.29 is 12.8 Å². The number of halogens is 1. The average molecular weight is 245 g/mol. The molecule has 0 amide bonds. The lowest BCUT2D eigenvalue weighted by molar-refractivity contribution is 0.585. The molecule has 0 radical (unpaired) electrons. The third kappa shape index (κ3) is 3.90. The lowest BCUT2D eigenvalue weighted by Crippen LogP contribution is -2.08. The monoisotopic (exact) mass is 245 g/mol. The number of rotatable bonds is 6. The predicted molar refractivity (Wildman–Crippen MR) is 61.4 cm³/mol. The predicted octanol–water partition coefficient (Wildman–Crippen LogP) is 1.73. The van der Waals surface area contributed by atoms with E-state index in [1.165, 1.54) is 18.2 Å². The average Bonchev–Trinajstić information content (AvgIpc) is 2.24. The number of hydrogen-bond donors (Lipinski definition) is 1. The number of sulfone groups is 1. The summed E-state index contributed by atoms with van der Waals surface area (Å²) in [6.45, 7) is 0.569. The standard InChI is InChI=1S/C11H16FNO2S/c12-10-5-4-6-11(9-10)16(14,15)8-3-1-2-7-13/h4-6,9H,1-3,7-8,13H2. The zero-order valence-corrected chi connectivity index (χ0v) is 9.84. The van der Waals surface area contributed by atoms with Crippen molar-refractivity contribution in [2.75, 3.05) is 12.3 Å². The lowest BCUT2D eigenvalue weighted by atomic mass is 10.2. The molecule has 16 heavy (non-hydrogen) atoms. The van der Waals surface area contributed by atoms with Crippen LogP contribution in [0.4, 0.5) is 4.39 Å². The van der Waals surface area contributed by atoms with Crippen molar-refractivity contribution in [3.8, 4) is 0 Å². The van der Waals surface area contributed by atoms with Crippen LogP contribution < -0.4 is 5.73 Å². The van der Waals surface area contributed by atoms with Gasteiger partial charge >= 0.3 is 0 Å². The van der Waals surface area contributed by atoms with Gasteiger partial charge in [0.25, 0.3) is 0 Å². The fourth-order valence-corrected chi connectivity index (χ4v) is 2.79. The van der Waals surface area contributed by atoms with Crippen LogP contribution in [0.25, 0.3) is 0 Å². The van der Waals surface area contributed by atoms with Gasteiger partial charge in [0.15, 0.2) is 9.84 Å². The van der Waals surface area contributed by atoms with Gasteiger partial charge in [-0.3, -0.25) is 0 Å². The Morgan fingerprint density at radius 3 is 2.56 bits per heavy atom. The lowest BCUT2D eigenvalue weighted by Gasteiger charge is -2.04. The molecule has 0 aliphatic carbocycles. The van der Waals surface area contributed by atoms with Gasteiger partial charge in [0, 0.05) is 0 Å². The maximum atomic E-state index is 12.9. The van der Waals surface area contributed by atoms with Gasteiger partial charge in [0.2, 0.25) is 0 Å². The minimum absolute atomic E-state index is 0.0520. The Kier molecular flexibility index (Phi) is 4.89. The first kappa shape index (κ1) is 13.1. The molecule has 90 valence electrons. The molecule has 0 atom stereocenters. The van der Waals surface area contributed by atoms with Gasteiger partial charge in [-0.2, -0.15) is 0 Å². The second-order valence-electron chi connectivity index (χ2n) is 3.63. The molecule has 1 rings (SSSR count). The largest absolute Gasteiger partial charge is 0.330 e. The highest BCUT2D eigenvalue weighted by molar-refractivity contribution is 7.91. The molecule has 0 spiro atoms. The molecule has 0 fully saturated rings. The molecule has 0 heterocycles. The third-order valence-electron chi connectivity index (χ3n) is 2.27. The van der Waals surface area contributed by atoms with Crippen LogP contribution in [-0.2, 0) is 9.84 Å². The number of hydrogen-bond acceptors (Lipinski definition) is 3. The molecule has 0 saturated heterocycles. The summed E-state index contributed by atoms with van der Waals surface area (Å²) in [5, 5.41) is 0. The first-order valence-corrected chi connectivity index (χ1v) is 6.90. The molecule has 0 aromatic heterocycles. The minimum Gasteiger partial charge on any atom is -0.330 e. The van der Waals surface area contributed by atoms with Crippen molar-refractivity contribution in [3.05, 3.63) is 30.1 Å². The molecular formula is C11H16FNO2S. The SMILES string of the molecule is NCCCCCS(=O)(=O)c1cccc(F)c1. The van der Waals surface area contributed by atoms with Gasteiger partial charge in [-0.05, 0) is 37.6 Å². The summed E-state index contributed by atoms with van der Waals surface area (Å²) >= 11 is 0. The van der Waals surface area contributed by atoms with E-state index < -0.39 is 15.7 Å². The molecule has 0 aliphatic rings. The van der Waals surface area contributed by atoms with E-state index in [0.29, 0.717) is 13.0 Å². The van der Waals surface area contributed by atoms with Crippen molar-refractivity contribution >= 4 is 9.84 Å². The van der Waals surface area contributed by atoms with Crippen LogP contribution in [0.15, 0.2) is 29.2 Å². The fourth-order valence-electron chi connectivity index (χ4n) is 1.39. The van der Waals surface area contributed by atoms with Crippen LogP contribution in [0.2, 0.25) is 0 Å². The summed E-state index contributed by atoms with van der Waals surface area (Å²) in [6.07, 6.45) is 2.17. The van der Waals surface area contributed by atoms with Gasteiger partial charge in [-0.15, -0.1) is 0 Å². The van der Waals surface area contributed by atoms with E-state index in [9.17, 15) is 12.8 Å². The van der Waals surface area contributed by atoms with E-state index in [0.717, 1.165) is 18.9 Å². The van der Waals surface area contributed by atoms with Gasteiger partial charge in [-0.1, -0.05) is 12.5 Å². The van der Waals surface area contributed by atoms with E-state index >= 15 is 0 Å². The molecule has 2 N–H and O–H groups in total. The van der Waals surface area contributed by atoms with E-state index in [1.807, 2.05) is 0 Å². The highest BCUT2D eigenvalue weighted by Gasteiger charge is 2.14. The quantitative estimate of drug-likeness (QED) is 0.776. The zero-order valence-electron chi connectivity index (χ0n) is 9.02. The Hall–Kier alpha value is -0.940. The van der Waals surface area contributed by atoms with Gasteiger partial charge in [-0.25, -0.2) is 12.8 Å². The smallest absolute Gasteiger partial charge is 0.178 e. The van der Waals surface area contributed by atoms with Gasteiger partial charge in [0.05, 0.1) is 10.6 Å². The summed E-state index contributed by atoms with van der Waals surface area (Å²) in [5.41, 5.74) is 5.31. The van der Waals surface area contributed by atoms with E-state index in [4.69, 9.17) is 5.73 Å². The van der Waals surface area contributed by atoms with Crippen molar-refractivity contribution in [1.82, 2.24) is 0 Å². The normalized spacial score (nSPS) is 11.6. The van der Waals surface area contributed by atoms with Crippen LogP contribution in [0.1, 0.15) is 19.3 Å². The van der Waals surface area contributed by atoms with E-state index in [2.05, 4.69) is 0 Å². The molecular weight excluding hydrogens is 229 g/mol. The molecule has 0 aliphatic heterocycles. The Labute approximate surface area is 95.4 Å². The van der Waals surface area contributed by atoms with Crippen LogP contribution in [-0.4, -0.2) is 20.7 Å². The van der Waals surface area contributed by atoms with Crippen molar-refractivity contribution in [1.29, 1.82) is 0 Å². The highest BCUT2D eigenvalue weighted by Crippen LogP contribution is 2.14. The van der Waals surface area contributed by atoms with Crippen LogP contribution in [0, 0.1) is 5.82 Å².